The monoisotopic (exact) mass is 432 g/mol. The van der Waals surface area contributed by atoms with Crippen LogP contribution in [0.2, 0.25) is 0 Å². The van der Waals surface area contributed by atoms with E-state index in [1.54, 1.807) is 6.20 Å². The summed E-state index contributed by atoms with van der Waals surface area (Å²) in [4.78, 5) is 21.1. The largest absolute Gasteiger partial charge is 0.471 e. The number of aromatic nitrogens is 3. The number of anilines is 2. The maximum atomic E-state index is 12.4. The quantitative estimate of drug-likeness (QED) is 0.679. The molecule has 0 aliphatic carbocycles. The molecule has 1 saturated heterocycles. The van der Waals surface area contributed by atoms with Gasteiger partial charge in [0.1, 0.15) is 12.0 Å². The summed E-state index contributed by atoms with van der Waals surface area (Å²) in [5, 5.41) is 5.75. The second kappa shape index (κ2) is 7.85. The minimum absolute atomic E-state index is 0.337. The molecule has 1 fully saturated rings. The Bertz CT molecular complexity index is 1220. The van der Waals surface area contributed by atoms with Crippen LogP contribution in [0.3, 0.4) is 0 Å². The zero-order valence-corrected chi connectivity index (χ0v) is 18.7. The third-order valence-electron chi connectivity index (χ3n) is 6.44. The van der Waals surface area contributed by atoms with E-state index in [9.17, 15) is 4.79 Å². The normalized spacial score (nSPS) is 18.7. The van der Waals surface area contributed by atoms with Crippen molar-refractivity contribution in [2.75, 3.05) is 22.9 Å². The Hall–Kier alpha value is -3.55. The fourth-order valence-electron chi connectivity index (χ4n) is 4.68. The molecule has 0 bridgehead atoms. The van der Waals surface area contributed by atoms with Crippen LogP contribution < -0.4 is 15.5 Å². The van der Waals surface area contributed by atoms with Crippen molar-refractivity contribution in [1.82, 2.24) is 14.8 Å². The molecular formula is C24H28N6O2. The number of aryl methyl sites for hydroxylation is 3. The predicted octanol–water partition coefficient (Wildman–Crippen LogP) is 3.44. The van der Waals surface area contributed by atoms with E-state index >= 15 is 0 Å². The summed E-state index contributed by atoms with van der Waals surface area (Å²) in [6.45, 7) is 5.92. The first-order valence-corrected chi connectivity index (χ1v) is 11.0. The van der Waals surface area contributed by atoms with Crippen LogP contribution in [0, 0.1) is 13.8 Å². The lowest BCUT2D eigenvalue weighted by molar-refractivity contribution is -0.114. The first kappa shape index (κ1) is 20.4. The maximum Gasteiger partial charge on any atom is 0.268 e. The van der Waals surface area contributed by atoms with Gasteiger partial charge in [-0.15, -0.1) is 0 Å². The molecule has 0 spiro atoms. The standard InChI is InChI=1S/C24H28N6O2/c1-15-11-17(7-8-26-15)24-30(22(14-32-24)23(25)31)21-12-18-16(2)28(3)27-19(18)13-20(21)29-9-5-4-6-10-29/h7-8,11-14,24H,4-6,9-10H2,1-3H3,(H2,25,31). The van der Waals surface area contributed by atoms with E-state index < -0.39 is 12.1 Å². The molecule has 2 N–H and O–H groups in total. The summed E-state index contributed by atoms with van der Waals surface area (Å²) < 4.78 is 7.91. The SMILES string of the molecule is Cc1cc(C2OC=C(C(N)=O)N2c2cc3c(C)n(C)nc3cc2N2CCCCC2)ccn1. The van der Waals surface area contributed by atoms with Gasteiger partial charge in [-0.2, -0.15) is 5.10 Å². The number of piperidine rings is 1. The molecule has 1 aromatic carbocycles. The Morgan fingerprint density at radius 1 is 1.12 bits per heavy atom. The Morgan fingerprint density at radius 3 is 2.62 bits per heavy atom. The first-order valence-electron chi connectivity index (χ1n) is 11.0. The van der Waals surface area contributed by atoms with E-state index in [-0.39, 0.29) is 0 Å². The van der Waals surface area contributed by atoms with Gasteiger partial charge in [0.25, 0.3) is 5.91 Å². The molecule has 2 aliphatic heterocycles. The molecule has 8 heteroatoms. The van der Waals surface area contributed by atoms with Gasteiger partial charge in [-0.1, -0.05) is 0 Å². The highest BCUT2D eigenvalue weighted by molar-refractivity contribution is 6.00. The van der Waals surface area contributed by atoms with Gasteiger partial charge in [-0.05, 0) is 57.4 Å². The number of pyridine rings is 1. The molecule has 166 valence electrons. The smallest absolute Gasteiger partial charge is 0.268 e. The Morgan fingerprint density at radius 2 is 1.91 bits per heavy atom. The third kappa shape index (κ3) is 3.36. The highest BCUT2D eigenvalue weighted by Crippen LogP contribution is 2.44. The van der Waals surface area contributed by atoms with E-state index in [4.69, 9.17) is 15.6 Å². The number of hydrogen-bond acceptors (Lipinski definition) is 6. The number of primary amides is 1. The van der Waals surface area contributed by atoms with Crippen LogP contribution >= 0.6 is 0 Å². The molecule has 4 heterocycles. The van der Waals surface area contributed by atoms with Crippen LogP contribution in [-0.4, -0.2) is 33.8 Å². The summed E-state index contributed by atoms with van der Waals surface area (Å²) in [6, 6.07) is 8.14. The van der Waals surface area contributed by atoms with Crippen molar-refractivity contribution in [3.05, 3.63) is 59.4 Å². The average Bonchev–Trinajstić information content (AvgIpc) is 3.35. The van der Waals surface area contributed by atoms with Crippen molar-refractivity contribution >= 4 is 28.2 Å². The zero-order chi connectivity index (χ0) is 22.4. The molecule has 5 rings (SSSR count). The minimum Gasteiger partial charge on any atom is -0.471 e. The molecule has 0 saturated carbocycles. The topological polar surface area (TPSA) is 89.5 Å². The van der Waals surface area contributed by atoms with E-state index in [2.05, 4.69) is 28.9 Å². The molecule has 1 amide bonds. The van der Waals surface area contributed by atoms with E-state index in [1.807, 2.05) is 35.7 Å². The number of hydrogen-bond donors (Lipinski definition) is 1. The number of rotatable bonds is 4. The molecule has 2 aromatic heterocycles. The van der Waals surface area contributed by atoms with Gasteiger partial charge in [-0.3, -0.25) is 19.4 Å². The molecular weight excluding hydrogens is 404 g/mol. The van der Waals surface area contributed by atoms with Gasteiger partial charge < -0.3 is 15.4 Å². The van der Waals surface area contributed by atoms with Gasteiger partial charge in [0, 0.05) is 48.7 Å². The van der Waals surface area contributed by atoms with Crippen molar-refractivity contribution in [2.24, 2.45) is 12.8 Å². The number of amides is 1. The van der Waals surface area contributed by atoms with Gasteiger partial charge in [0.05, 0.1) is 16.9 Å². The van der Waals surface area contributed by atoms with Crippen molar-refractivity contribution in [3.8, 4) is 0 Å². The molecule has 1 atom stereocenters. The van der Waals surface area contributed by atoms with Crippen LogP contribution in [0.25, 0.3) is 10.9 Å². The summed E-state index contributed by atoms with van der Waals surface area (Å²) in [5.74, 6) is -0.522. The van der Waals surface area contributed by atoms with Gasteiger partial charge in [0.15, 0.2) is 0 Å². The lowest BCUT2D eigenvalue weighted by Crippen LogP contribution is -2.35. The number of fused-ring (bicyclic) bond motifs is 1. The third-order valence-corrected chi connectivity index (χ3v) is 6.44. The van der Waals surface area contributed by atoms with Gasteiger partial charge in [0.2, 0.25) is 6.23 Å². The van der Waals surface area contributed by atoms with Crippen LogP contribution in [0.15, 0.2) is 42.4 Å². The molecule has 32 heavy (non-hydrogen) atoms. The second-order valence-electron chi connectivity index (χ2n) is 8.57. The molecule has 1 unspecified atom stereocenters. The van der Waals surface area contributed by atoms with Crippen molar-refractivity contribution < 1.29 is 9.53 Å². The molecule has 0 radical (unpaired) electrons. The van der Waals surface area contributed by atoms with Crippen LogP contribution in [0.1, 0.15) is 42.4 Å². The number of carbonyl (C=O) groups excluding carboxylic acids is 1. The highest BCUT2D eigenvalue weighted by atomic mass is 16.5. The summed E-state index contributed by atoms with van der Waals surface area (Å²) in [5.41, 5.74) is 11.9. The highest BCUT2D eigenvalue weighted by Gasteiger charge is 2.36. The van der Waals surface area contributed by atoms with E-state index in [0.717, 1.165) is 65.2 Å². The van der Waals surface area contributed by atoms with Crippen LogP contribution in [0.4, 0.5) is 11.4 Å². The van der Waals surface area contributed by atoms with E-state index in [1.165, 1.54) is 12.7 Å². The summed E-state index contributed by atoms with van der Waals surface area (Å²) in [6.07, 6.45) is 6.24. The number of nitrogens with zero attached hydrogens (tertiary/aromatic N) is 5. The molecule has 8 nitrogen and oxygen atoms in total. The van der Waals surface area contributed by atoms with E-state index in [0.29, 0.717) is 5.70 Å². The van der Waals surface area contributed by atoms with Crippen molar-refractivity contribution in [3.63, 3.8) is 0 Å². The van der Waals surface area contributed by atoms with Crippen LogP contribution in [-0.2, 0) is 16.6 Å². The number of nitrogens with two attached hydrogens (primary N) is 1. The minimum atomic E-state index is -0.522. The Balaban J connectivity index is 1.72. The summed E-state index contributed by atoms with van der Waals surface area (Å²) >= 11 is 0. The second-order valence-corrected chi connectivity index (χ2v) is 8.57. The number of benzene rings is 1. The van der Waals surface area contributed by atoms with Crippen molar-refractivity contribution in [2.45, 2.75) is 39.3 Å². The Kier molecular flexibility index (Phi) is 5.00. The predicted molar refractivity (Wildman–Crippen MR) is 124 cm³/mol. The fourth-order valence-corrected chi connectivity index (χ4v) is 4.68. The summed E-state index contributed by atoms with van der Waals surface area (Å²) in [7, 11) is 1.95. The van der Waals surface area contributed by atoms with Gasteiger partial charge >= 0.3 is 0 Å². The molecule has 3 aromatic rings. The fraction of sp³-hybridized carbons (Fsp3) is 0.375. The lowest BCUT2D eigenvalue weighted by Gasteiger charge is -2.35. The molecule has 2 aliphatic rings. The lowest BCUT2D eigenvalue weighted by atomic mass is 10.1. The maximum absolute atomic E-state index is 12.4. The number of ether oxygens (including phenoxy) is 1. The number of carbonyl (C=O) groups is 1. The Labute approximate surface area is 187 Å². The van der Waals surface area contributed by atoms with Crippen molar-refractivity contribution in [1.29, 1.82) is 0 Å². The first-order chi connectivity index (χ1) is 15.4. The zero-order valence-electron chi connectivity index (χ0n) is 18.7. The van der Waals surface area contributed by atoms with Crippen LogP contribution in [0.5, 0.6) is 0 Å². The van der Waals surface area contributed by atoms with Gasteiger partial charge in [-0.25, -0.2) is 0 Å². The average molecular weight is 433 g/mol.